The van der Waals surface area contributed by atoms with Crippen molar-refractivity contribution in [3.63, 3.8) is 0 Å². The molecule has 0 saturated heterocycles. The predicted molar refractivity (Wildman–Crippen MR) is 114 cm³/mol. The van der Waals surface area contributed by atoms with E-state index in [2.05, 4.69) is 16.0 Å². The summed E-state index contributed by atoms with van der Waals surface area (Å²) in [6.45, 7) is 8.86. The molecule has 3 N–H and O–H groups in total. The molecule has 3 amide bonds. The summed E-state index contributed by atoms with van der Waals surface area (Å²) in [7, 11) is 0. The molecule has 0 atom stereocenters. The highest BCUT2D eigenvalue weighted by Crippen LogP contribution is 2.28. The highest BCUT2D eigenvalue weighted by atomic mass is 35.5. The van der Waals surface area contributed by atoms with Gasteiger partial charge in [-0.3, -0.25) is 14.4 Å². The Bertz CT molecular complexity index is 916. The molecule has 1 aromatic heterocycles. The monoisotopic (exact) mass is 421 g/mol. The molecular formula is C20H24ClN3O3S. The summed E-state index contributed by atoms with van der Waals surface area (Å²) >= 11 is 7.22. The molecule has 6 nitrogen and oxygen atoms in total. The summed E-state index contributed by atoms with van der Waals surface area (Å²) in [6, 6.07) is 6.98. The zero-order valence-corrected chi connectivity index (χ0v) is 18.1. The Balaban J connectivity index is 1.97. The summed E-state index contributed by atoms with van der Waals surface area (Å²) in [4.78, 5) is 37.1. The van der Waals surface area contributed by atoms with Crippen molar-refractivity contribution in [2.45, 2.75) is 34.6 Å². The second-order valence-electron chi connectivity index (χ2n) is 7.47. The SMILES string of the molecule is Cc1cc(NC(=O)C(C)(C)C)sc1C(=O)NCC(=O)Nc1cccc(Cl)c1C. The van der Waals surface area contributed by atoms with E-state index in [-0.39, 0.29) is 24.3 Å². The maximum absolute atomic E-state index is 12.4. The van der Waals surface area contributed by atoms with Crippen LogP contribution in [0.5, 0.6) is 0 Å². The molecule has 0 fully saturated rings. The van der Waals surface area contributed by atoms with Crippen LogP contribution in [0.1, 0.15) is 41.6 Å². The van der Waals surface area contributed by atoms with Gasteiger partial charge < -0.3 is 16.0 Å². The van der Waals surface area contributed by atoms with E-state index in [0.717, 1.165) is 11.1 Å². The zero-order chi connectivity index (χ0) is 21.1. The number of nitrogens with one attached hydrogen (secondary N) is 3. The van der Waals surface area contributed by atoms with Crippen molar-refractivity contribution in [1.29, 1.82) is 0 Å². The van der Waals surface area contributed by atoms with Crippen molar-refractivity contribution >= 4 is 51.3 Å². The minimum atomic E-state index is -0.531. The number of benzene rings is 1. The number of hydrogen-bond donors (Lipinski definition) is 3. The summed E-state index contributed by atoms with van der Waals surface area (Å²) in [5.41, 5.74) is 1.57. The molecule has 0 aliphatic carbocycles. The van der Waals surface area contributed by atoms with E-state index in [0.29, 0.717) is 20.6 Å². The van der Waals surface area contributed by atoms with Crippen molar-refractivity contribution in [1.82, 2.24) is 5.32 Å². The molecule has 0 radical (unpaired) electrons. The van der Waals surface area contributed by atoms with Crippen molar-refractivity contribution in [2.24, 2.45) is 5.41 Å². The molecule has 2 rings (SSSR count). The number of carbonyl (C=O) groups excluding carboxylic acids is 3. The lowest BCUT2D eigenvalue weighted by atomic mass is 9.96. The molecule has 0 aliphatic heterocycles. The highest BCUT2D eigenvalue weighted by molar-refractivity contribution is 7.18. The standard InChI is InChI=1S/C20H24ClN3O3S/c1-11-9-16(24-19(27)20(3,4)5)28-17(11)18(26)22-10-15(25)23-14-8-6-7-13(21)12(14)2/h6-9H,10H2,1-5H3,(H,22,26)(H,23,25)(H,24,27). The second-order valence-corrected chi connectivity index (χ2v) is 8.93. The van der Waals surface area contributed by atoms with Gasteiger partial charge in [-0.25, -0.2) is 0 Å². The van der Waals surface area contributed by atoms with Crippen LogP contribution < -0.4 is 16.0 Å². The number of thiophene rings is 1. The van der Waals surface area contributed by atoms with Gasteiger partial charge in [0.05, 0.1) is 16.4 Å². The minimum absolute atomic E-state index is 0.128. The van der Waals surface area contributed by atoms with E-state index in [9.17, 15) is 14.4 Å². The van der Waals surface area contributed by atoms with Gasteiger partial charge in [0.1, 0.15) is 0 Å². The molecule has 1 aromatic carbocycles. The van der Waals surface area contributed by atoms with Gasteiger partial charge in [-0.05, 0) is 43.2 Å². The zero-order valence-electron chi connectivity index (χ0n) is 16.5. The molecule has 28 heavy (non-hydrogen) atoms. The lowest BCUT2D eigenvalue weighted by Gasteiger charge is -2.16. The average molecular weight is 422 g/mol. The van der Waals surface area contributed by atoms with E-state index in [1.165, 1.54) is 11.3 Å². The van der Waals surface area contributed by atoms with Gasteiger partial charge in [0.25, 0.3) is 5.91 Å². The van der Waals surface area contributed by atoms with Gasteiger partial charge in [0.15, 0.2) is 0 Å². The number of aryl methyl sites for hydroxylation is 1. The van der Waals surface area contributed by atoms with Crippen LogP contribution in [-0.2, 0) is 9.59 Å². The Morgan fingerprint density at radius 2 is 1.79 bits per heavy atom. The maximum atomic E-state index is 12.4. The number of amides is 3. The van der Waals surface area contributed by atoms with Crippen LogP contribution in [0.15, 0.2) is 24.3 Å². The van der Waals surface area contributed by atoms with Crippen LogP contribution in [0.3, 0.4) is 0 Å². The summed E-state index contributed by atoms with van der Waals surface area (Å²) in [6.07, 6.45) is 0. The van der Waals surface area contributed by atoms with Crippen molar-refractivity contribution in [3.05, 3.63) is 45.3 Å². The molecule has 150 valence electrons. The van der Waals surface area contributed by atoms with E-state index < -0.39 is 5.41 Å². The van der Waals surface area contributed by atoms with Gasteiger partial charge in [0, 0.05) is 16.1 Å². The van der Waals surface area contributed by atoms with Crippen molar-refractivity contribution in [3.8, 4) is 0 Å². The number of anilines is 2. The summed E-state index contributed by atoms with van der Waals surface area (Å²) in [5.74, 6) is -0.845. The molecule has 0 aliphatic rings. The third kappa shape index (κ3) is 5.56. The molecule has 8 heteroatoms. The molecule has 0 bridgehead atoms. The van der Waals surface area contributed by atoms with E-state index in [4.69, 9.17) is 11.6 Å². The molecule has 2 aromatic rings. The fraction of sp³-hybridized carbons (Fsp3) is 0.350. The van der Waals surface area contributed by atoms with Crippen LogP contribution >= 0.6 is 22.9 Å². The van der Waals surface area contributed by atoms with Crippen LogP contribution in [0, 0.1) is 19.3 Å². The van der Waals surface area contributed by atoms with E-state index in [1.54, 1.807) is 38.1 Å². The number of halogens is 1. The number of rotatable bonds is 5. The van der Waals surface area contributed by atoms with Gasteiger partial charge >= 0.3 is 0 Å². The Morgan fingerprint density at radius 3 is 2.43 bits per heavy atom. The molecule has 0 saturated carbocycles. The quantitative estimate of drug-likeness (QED) is 0.669. The third-order valence-corrected chi connectivity index (χ3v) is 5.55. The van der Waals surface area contributed by atoms with Gasteiger partial charge in [-0.2, -0.15) is 0 Å². The maximum Gasteiger partial charge on any atom is 0.262 e. The second kappa shape index (κ2) is 8.75. The molecule has 1 heterocycles. The average Bonchev–Trinajstić information content (AvgIpc) is 2.96. The lowest BCUT2D eigenvalue weighted by molar-refractivity contribution is -0.123. The fourth-order valence-corrected chi connectivity index (χ4v) is 3.41. The molecule has 0 spiro atoms. The van der Waals surface area contributed by atoms with Crippen molar-refractivity contribution < 1.29 is 14.4 Å². The van der Waals surface area contributed by atoms with Crippen molar-refractivity contribution in [2.75, 3.05) is 17.2 Å². The third-order valence-electron chi connectivity index (χ3n) is 3.99. The molecule has 0 unspecified atom stereocenters. The van der Waals surface area contributed by atoms with E-state index >= 15 is 0 Å². The predicted octanol–water partition coefficient (Wildman–Crippen LogP) is 4.37. The summed E-state index contributed by atoms with van der Waals surface area (Å²) < 4.78 is 0. The molecular weight excluding hydrogens is 398 g/mol. The van der Waals surface area contributed by atoms with Crippen LogP contribution in [0.4, 0.5) is 10.7 Å². The minimum Gasteiger partial charge on any atom is -0.342 e. The number of hydrogen-bond acceptors (Lipinski definition) is 4. The van der Waals surface area contributed by atoms with E-state index in [1.807, 2.05) is 20.8 Å². The first-order chi connectivity index (χ1) is 13.0. The smallest absolute Gasteiger partial charge is 0.262 e. The normalized spacial score (nSPS) is 11.1. The first kappa shape index (κ1) is 21.9. The van der Waals surface area contributed by atoms with Gasteiger partial charge in [0.2, 0.25) is 11.8 Å². The topological polar surface area (TPSA) is 87.3 Å². The Hall–Kier alpha value is -2.38. The Kier molecular flexibility index (Phi) is 6.85. The highest BCUT2D eigenvalue weighted by Gasteiger charge is 2.23. The Labute approximate surface area is 173 Å². The largest absolute Gasteiger partial charge is 0.342 e. The summed E-state index contributed by atoms with van der Waals surface area (Å²) in [5, 5.41) is 9.30. The van der Waals surface area contributed by atoms with Crippen LogP contribution in [0.25, 0.3) is 0 Å². The van der Waals surface area contributed by atoms with Crippen LogP contribution in [0.2, 0.25) is 5.02 Å². The first-order valence-electron chi connectivity index (χ1n) is 8.74. The fourth-order valence-electron chi connectivity index (χ4n) is 2.25. The Morgan fingerprint density at radius 1 is 1.11 bits per heavy atom. The van der Waals surface area contributed by atoms with Gasteiger partial charge in [-0.1, -0.05) is 38.4 Å². The number of carbonyl (C=O) groups is 3. The first-order valence-corrected chi connectivity index (χ1v) is 9.93. The van der Waals surface area contributed by atoms with Crippen LogP contribution in [-0.4, -0.2) is 24.3 Å². The van der Waals surface area contributed by atoms with Gasteiger partial charge in [-0.15, -0.1) is 11.3 Å². The lowest BCUT2D eigenvalue weighted by Crippen LogP contribution is -2.32.